The lowest BCUT2D eigenvalue weighted by Crippen LogP contribution is -2.52. The highest BCUT2D eigenvalue weighted by atomic mass is 35.5. The molecule has 1 N–H and O–H groups in total. The molecule has 0 aliphatic heterocycles. The highest BCUT2D eigenvalue weighted by Crippen LogP contribution is 2.27. The fourth-order valence-corrected chi connectivity index (χ4v) is 5.95. The molecule has 0 fully saturated rings. The van der Waals surface area contributed by atoms with Crippen molar-refractivity contribution < 1.29 is 22.7 Å². The summed E-state index contributed by atoms with van der Waals surface area (Å²) >= 11 is 6.09. The average Bonchev–Trinajstić information content (AvgIpc) is 2.97. The molecule has 0 heterocycles. The zero-order valence-corrected chi connectivity index (χ0v) is 25.5. The van der Waals surface area contributed by atoms with E-state index in [9.17, 15) is 18.0 Å². The number of nitrogens with zero attached hydrogens (tertiary/aromatic N) is 2. The van der Waals surface area contributed by atoms with Crippen LogP contribution in [-0.4, -0.2) is 51.4 Å². The Labute approximate surface area is 248 Å². The van der Waals surface area contributed by atoms with Crippen molar-refractivity contribution in [2.75, 3.05) is 24.5 Å². The Morgan fingerprint density at radius 1 is 0.976 bits per heavy atom. The summed E-state index contributed by atoms with van der Waals surface area (Å²) in [4.78, 5) is 28.9. The lowest BCUT2D eigenvalue weighted by Gasteiger charge is -2.33. The maximum atomic E-state index is 14.1. The van der Waals surface area contributed by atoms with E-state index in [4.69, 9.17) is 16.3 Å². The average molecular weight is 600 g/mol. The summed E-state index contributed by atoms with van der Waals surface area (Å²) in [6.07, 6.45) is 2.10. The number of benzene rings is 3. The van der Waals surface area contributed by atoms with Gasteiger partial charge in [0.2, 0.25) is 11.8 Å². The topological polar surface area (TPSA) is 96.0 Å². The highest BCUT2D eigenvalue weighted by Gasteiger charge is 2.33. The first-order chi connectivity index (χ1) is 19.6. The zero-order valence-electron chi connectivity index (χ0n) is 24.0. The van der Waals surface area contributed by atoms with E-state index < -0.39 is 28.5 Å². The van der Waals surface area contributed by atoms with Crippen molar-refractivity contribution in [1.82, 2.24) is 10.2 Å². The van der Waals surface area contributed by atoms with E-state index in [1.54, 1.807) is 36.4 Å². The first-order valence-electron chi connectivity index (χ1n) is 13.7. The third-order valence-corrected chi connectivity index (χ3v) is 8.90. The molecular formula is C31H38ClN3O5S. The number of unbranched alkanes of at least 4 members (excludes halogenated alkanes) is 1. The van der Waals surface area contributed by atoms with Gasteiger partial charge in [-0.3, -0.25) is 13.9 Å². The SMILES string of the molecule is CCCCNC(=O)[C@@H](CC)N(Cc1ccccc1C)C(=O)CN(c1ccc(Cl)cc1)S(=O)(=O)c1ccc(OC)cc1. The van der Waals surface area contributed by atoms with Crippen LogP contribution in [0.5, 0.6) is 5.75 Å². The summed E-state index contributed by atoms with van der Waals surface area (Å²) < 4.78 is 34.1. The van der Waals surface area contributed by atoms with E-state index in [0.717, 1.165) is 28.3 Å². The number of rotatable bonds is 14. The first kappa shape index (κ1) is 32.0. The van der Waals surface area contributed by atoms with Crippen LogP contribution in [0.25, 0.3) is 0 Å². The number of carbonyl (C=O) groups is 2. The van der Waals surface area contributed by atoms with Gasteiger partial charge in [0.15, 0.2) is 0 Å². The molecule has 3 aromatic carbocycles. The lowest BCUT2D eigenvalue weighted by molar-refractivity contribution is -0.140. The van der Waals surface area contributed by atoms with Crippen LogP contribution in [0.15, 0.2) is 77.7 Å². The number of methoxy groups -OCH3 is 1. The fourth-order valence-electron chi connectivity index (χ4n) is 4.41. The second-order valence-electron chi connectivity index (χ2n) is 9.68. The molecule has 0 saturated heterocycles. The molecule has 0 radical (unpaired) electrons. The summed E-state index contributed by atoms with van der Waals surface area (Å²) in [5.41, 5.74) is 2.11. The van der Waals surface area contributed by atoms with Crippen molar-refractivity contribution in [1.29, 1.82) is 0 Å². The molecule has 1 atom stereocenters. The van der Waals surface area contributed by atoms with Gasteiger partial charge in [0.1, 0.15) is 18.3 Å². The van der Waals surface area contributed by atoms with Crippen LogP contribution >= 0.6 is 11.6 Å². The van der Waals surface area contributed by atoms with Crippen molar-refractivity contribution >= 4 is 39.1 Å². The zero-order chi connectivity index (χ0) is 30.0. The third-order valence-electron chi connectivity index (χ3n) is 6.86. The van der Waals surface area contributed by atoms with E-state index in [0.29, 0.717) is 23.7 Å². The smallest absolute Gasteiger partial charge is 0.264 e. The van der Waals surface area contributed by atoms with Crippen LogP contribution in [0.1, 0.15) is 44.2 Å². The summed E-state index contributed by atoms with van der Waals surface area (Å²) in [6.45, 7) is 5.96. The minimum absolute atomic E-state index is 0.00384. The van der Waals surface area contributed by atoms with Gasteiger partial charge in [-0.05, 0) is 79.4 Å². The molecule has 0 aromatic heterocycles. The number of nitrogens with one attached hydrogen (secondary N) is 1. The molecule has 0 saturated carbocycles. The van der Waals surface area contributed by atoms with Crippen LogP contribution < -0.4 is 14.4 Å². The molecule has 8 nitrogen and oxygen atoms in total. The number of aryl methyl sites for hydroxylation is 1. The molecule has 3 aromatic rings. The second-order valence-corrected chi connectivity index (χ2v) is 12.0. The molecule has 0 aliphatic carbocycles. The Balaban J connectivity index is 2.04. The third kappa shape index (κ3) is 8.24. The van der Waals surface area contributed by atoms with E-state index >= 15 is 0 Å². The number of ether oxygens (including phenoxy) is 1. The van der Waals surface area contributed by atoms with Crippen LogP contribution in [0, 0.1) is 6.92 Å². The predicted molar refractivity (Wildman–Crippen MR) is 163 cm³/mol. The molecule has 0 aliphatic rings. The number of hydrogen-bond acceptors (Lipinski definition) is 5. The van der Waals surface area contributed by atoms with Gasteiger partial charge in [-0.25, -0.2) is 8.42 Å². The van der Waals surface area contributed by atoms with Gasteiger partial charge in [-0.15, -0.1) is 0 Å². The molecule has 2 amide bonds. The molecule has 0 spiro atoms. The lowest BCUT2D eigenvalue weighted by atomic mass is 10.1. The van der Waals surface area contributed by atoms with Gasteiger partial charge in [0.05, 0.1) is 17.7 Å². The number of amides is 2. The van der Waals surface area contributed by atoms with Crippen LogP contribution in [-0.2, 0) is 26.2 Å². The number of sulfonamides is 1. The summed E-state index contributed by atoms with van der Waals surface area (Å²) in [5.74, 6) is -0.265. The Hall–Kier alpha value is -3.56. The Morgan fingerprint density at radius 3 is 2.22 bits per heavy atom. The normalized spacial score (nSPS) is 11.9. The standard InChI is InChI=1S/C31H38ClN3O5S/c1-5-7-20-33-31(37)29(6-2)34(21-24-11-9-8-10-23(24)3)30(36)22-35(26-14-12-25(32)13-15-26)41(38,39)28-18-16-27(40-4)17-19-28/h8-19,29H,5-7,20-22H2,1-4H3,(H,33,37)/t29-/m1/s1. The van der Waals surface area contributed by atoms with Crippen molar-refractivity contribution in [3.63, 3.8) is 0 Å². The molecule has 0 bridgehead atoms. The minimum atomic E-state index is -4.19. The molecule has 10 heteroatoms. The van der Waals surface area contributed by atoms with Gasteiger partial charge in [0.25, 0.3) is 10.0 Å². The molecule has 3 rings (SSSR count). The summed E-state index contributed by atoms with van der Waals surface area (Å²) in [5, 5.41) is 3.37. The van der Waals surface area contributed by atoms with Crippen molar-refractivity contribution in [3.05, 3.63) is 88.9 Å². The fraction of sp³-hybridized carbons (Fsp3) is 0.355. The summed E-state index contributed by atoms with van der Waals surface area (Å²) in [7, 11) is -2.69. The van der Waals surface area contributed by atoms with E-state index in [1.165, 1.54) is 24.1 Å². The monoisotopic (exact) mass is 599 g/mol. The first-order valence-corrected chi connectivity index (χ1v) is 15.5. The van der Waals surface area contributed by atoms with E-state index in [-0.39, 0.29) is 23.0 Å². The van der Waals surface area contributed by atoms with Gasteiger partial charge in [0, 0.05) is 18.1 Å². The highest BCUT2D eigenvalue weighted by molar-refractivity contribution is 7.92. The quantitative estimate of drug-likeness (QED) is 0.244. The largest absolute Gasteiger partial charge is 0.497 e. The molecular weight excluding hydrogens is 562 g/mol. The van der Waals surface area contributed by atoms with Crippen LogP contribution in [0.4, 0.5) is 5.69 Å². The van der Waals surface area contributed by atoms with Crippen LogP contribution in [0.2, 0.25) is 5.02 Å². The van der Waals surface area contributed by atoms with Crippen molar-refractivity contribution in [3.8, 4) is 5.75 Å². The van der Waals surface area contributed by atoms with E-state index in [1.807, 2.05) is 45.0 Å². The number of halogens is 1. The van der Waals surface area contributed by atoms with Crippen molar-refractivity contribution in [2.45, 2.75) is 57.5 Å². The Morgan fingerprint density at radius 2 is 1.63 bits per heavy atom. The number of carbonyl (C=O) groups excluding carboxylic acids is 2. The van der Waals surface area contributed by atoms with Gasteiger partial charge >= 0.3 is 0 Å². The Kier molecular flexibility index (Phi) is 11.6. The minimum Gasteiger partial charge on any atom is -0.497 e. The van der Waals surface area contributed by atoms with Gasteiger partial charge in [-0.2, -0.15) is 0 Å². The maximum Gasteiger partial charge on any atom is 0.264 e. The van der Waals surface area contributed by atoms with Gasteiger partial charge < -0.3 is 15.0 Å². The van der Waals surface area contributed by atoms with Gasteiger partial charge in [-0.1, -0.05) is 56.1 Å². The molecule has 0 unspecified atom stereocenters. The maximum absolute atomic E-state index is 14.1. The number of anilines is 1. The second kappa shape index (κ2) is 14.9. The molecule has 41 heavy (non-hydrogen) atoms. The molecule has 220 valence electrons. The van der Waals surface area contributed by atoms with Crippen LogP contribution in [0.3, 0.4) is 0 Å². The predicted octanol–water partition coefficient (Wildman–Crippen LogP) is 5.58. The Bertz CT molecular complexity index is 1410. The summed E-state index contributed by atoms with van der Waals surface area (Å²) in [6, 6.07) is 19.0. The number of hydrogen-bond donors (Lipinski definition) is 1. The van der Waals surface area contributed by atoms with E-state index in [2.05, 4.69) is 5.32 Å². The van der Waals surface area contributed by atoms with Crippen molar-refractivity contribution in [2.24, 2.45) is 0 Å².